The molecular formula is C12H23I. The molecule has 1 saturated carbocycles. The summed E-state index contributed by atoms with van der Waals surface area (Å²) in [4.78, 5) is 0. The Bertz CT molecular complexity index is 134. The maximum atomic E-state index is 2.59. The van der Waals surface area contributed by atoms with E-state index in [4.69, 9.17) is 0 Å². The van der Waals surface area contributed by atoms with Gasteiger partial charge in [0.15, 0.2) is 0 Å². The van der Waals surface area contributed by atoms with Crippen LogP contribution in [0.25, 0.3) is 0 Å². The van der Waals surface area contributed by atoms with E-state index in [2.05, 4.69) is 10.9 Å². The molecule has 0 aromatic heterocycles. The van der Waals surface area contributed by atoms with Gasteiger partial charge in [-0.3, -0.25) is 0 Å². The fraction of sp³-hybridized carbons (Fsp3) is 0.917. The molecule has 0 radical (unpaired) electrons. The minimum absolute atomic E-state index is 0.466. The Hall–Kier alpha value is 0.600. The van der Waals surface area contributed by atoms with Gasteiger partial charge < -0.3 is 0 Å². The van der Waals surface area contributed by atoms with Crippen LogP contribution >= 0.6 is 20.7 Å². The minimum atomic E-state index is 0.466. The van der Waals surface area contributed by atoms with Crippen LogP contribution in [0.2, 0.25) is 0 Å². The molecule has 0 amide bonds. The highest BCUT2D eigenvalue weighted by molar-refractivity contribution is 14.2. The minimum Gasteiger partial charge on any atom is -0.127 e. The van der Waals surface area contributed by atoms with Gasteiger partial charge in [-0.2, -0.15) is 0 Å². The lowest BCUT2D eigenvalue weighted by Crippen LogP contribution is -2.06. The van der Waals surface area contributed by atoms with Gasteiger partial charge in [0, 0.05) is 0 Å². The molecule has 0 spiro atoms. The van der Waals surface area contributed by atoms with Crippen LogP contribution in [0.1, 0.15) is 58.3 Å². The quantitative estimate of drug-likeness (QED) is 0.516. The first-order chi connectivity index (χ1) is 6.43. The first-order valence-corrected chi connectivity index (χ1v) is 8.60. The van der Waals surface area contributed by atoms with Gasteiger partial charge in [-0.15, -0.1) is 20.7 Å². The van der Waals surface area contributed by atoms with E-state index in [-0.39, 0.29) is 0 Å². The molecule has 1 rings (SSSR count). The zero-order valence-electron chi connectivity index (χ0n) is 8.90. The van der Waals surface area contributed by atoms with Gasteiger partial charge in [0.25, 0.3) is 0 Å². The highest BCUT2D eigenvalue weighted by Gasteiger charge is 2.11. The van der Waals surface area contributed by atoms with Crippen molar-refractivity contribution in [3.05, 3.63) is 0 Å². The van der Waals surface area contributed by atoms with E-state index in [0.717, 1.165) is 5.92 Å². The summed E-state index contributed by atoms with van der Waals surface area (Å²) < 4.78 is 4.14. The molecule has 0 atom stereocenters. The molecule has 0 aliphatic heterocycles. The molecule has 0 N–H and O–H groups in total. The van der Waals surface area contributed by atoms with Gasteiger partial charge in [-0.25, -0.2) is 0 Å². The van der Waals surface area contributed by atoms with E-state index in [1.807, 2.05) is 0 Å². The maximum Gasteiger partial charge on any atom is -0.00526 e. The molecule has 0 nitrogen and oxygen atoms in total. The fourth-order valence-electron chi connectivity index (χ4n) is 1.96. The first kappa shape index (κ1) is 11.7. The Morgan fingerprint density at radius 2 is 2.00 bits per heavy atom. The van der Waals surface area contributed by atoms with Crippen LogP contribution < -0.4 is 0 Å². The third-order valence-corrected chi connectivity index (χ3v) is 5.35. The molecule has 1 aliphatic rings. The zero-order valence-corrected chi connectivity index (χ0v) is 11.1. The molecule has 0 unspecified atom stereocenters. The van der Waals surface area contributed by atoms with Crippen LogP contribution in [0.3, 0.4) is 0 Å². The van der Waals surface area contributed by atoms with E-state index in [0.29, 0.717) is 20.7 Å². The second-order valence-electron chi connectivity index (χ2n) is 4.08. The average molecular weight is 294 g/mol. The summed E-state index contributed by atoms with van der Waals surface area (Å²) in [6.07, 6.45) is 11.9. The summed E-state index contributed by atoms with van der Waals surface area (Å²) in [7, 11) is 0. The summed E-state index contributed by atoms with van der Waals surface area (Å²) in [5.74, 6) is 1.11. The second-order valence-corrected chi connectivity index (χ2v) is 6.92. The topological polar surface area (TPSA) is 0 Å². The lowest BCUT2D eigenvalue weighted by molar-refractivity contribution is 0.353. The highest BCUT2D eigenvalue weighted by Crippen LogP contribution is 2.27. The van der Waals surface area contributed by atoms with Gasteiger partial charge in [-0.05, 0) is 23.2 Å². The third kappa shape index (κ3) is 5.82. The number of hydrogen-bond acceptors (Lipinski definition) is 0. The van der Waals surface area contributed by atoms with Gasteiger partial charge in [0.1, 0.15) is 0 Å². The van der Waals surface area contributed by atoms with E-state index in [9.17, 15) is 0 Å². The Morgan fingerprint density at radius 3 is 2.69 bits per heavy atom. The number of unbranched alkanes of at least 4 members (excludes halogenated alkanes) is 1. The molecule has 78 valence electrons. The zero-order chi connectivity index (χ0) is 9.36. The molecule has 0 aromatic rings. The fourth-order valence-corrected chi connectivity index (χ4v) is 4.70. The summed E-state index contributed by atoms with van der Waals surface area (Å²) in [6.45, 7) is 2.28. The van der Waals surface area contributed by atoms with Crippen LogP contribution in [-0.2, 0) is 0 Å². The molecule has 0 aromatic carbocycles. The van der Waals surface area contributed by atoms with Crippen molar-refractivity contribution in [2.45, 2.75) is 58.3 Å². The second kappa shape index (κ2) is 7.95. The number of alkyl halides is 1. The SMILES string of the molecule is CCCC=ICCC1CCCCC1. The normalized spacial score (nSPS) is 20.4. The monoisotopic (exact) mass is 294 g/mol. The Kier molecular flexibility index (Phi) is 7.14. The summed E-state index contributed by atoms with van der Waals surface area (Å²) in [6, 6.07) is 0. The Morgan fingerprint density at radius 1 is 1.23 bits per heavy atom. The van der Waals surface area contributed by atoms with Crippen molar-refractivity contribution in [3.8, 4) is 0 Å². The predicted octanol–water partition coefficient (Wildman–Crippen LogP) is 4.53. The van der Waals surface area contributed by atoms with Crippen molar-refractivity contribution in [2.75, 3.05) is 4.43 Å². The molecule has 1 fully saturated rings. The van der Waals surface area contributed by atoms with Gasteiger partial charge in [-0.1, -0.05) is 49.5 Å². The van der Waals surface area contributed by atoms with E-state index in [1.165, 1.54) is 44.9 Å². The Balaban J connectivity index is 1.97. The number of hydrogen-bond donors (Lipinski definition) is 0. The average Bonchev–Trinajstić information content (AvgIpc) is 2.19. The first-order valence-electron chi connectivity index (χ1n) is 5.83. The summed E-state index contributed by atoms with van der Waals surface area (Å²) in [5, 5.41) is 0. The lowest BCUT2D eigenvalue weighted by atomic mass is 9.88. The number of halogens is 1. The largest absolute Gasteiger partial charge is 0.127 e. The molecule has 1 heteroatoms. The van der Waals surface area contributed by atoms with Gasteiger partial charge in [0.2, 0.25) is 0 Å². The van der Waals surface area contributed by atoms with Crippen LogP contribution in [-0.4, -0.2) is 8.44 Å². The van der Waals surface area contributed by atoms with E-state index < -0.39 is 0 Å². The van der Waals surface area contributed by atoms with Crippen molar-refractivity contribution < 1.29 is 0 Å². The summed E-state index contributed by atoms with van der Waals surface area (Å²) >= 11 is 0.466. The highest BCUT2D eigenvalue weighted by atomic mass is 127. The molecule has 1 aliphatic carbocycles. The van der Waals surface area contributed by atoms with Gasteiger partial charge >= 0.3 is 0 Å². The third-order valence-electron chi connectivity index (χ3n) is 2.86. The molecule has 13 heavy (non-hydrogen) atoms. The van der Waals surface area contributed by atoms with Crippen LogP contribution in [0.15, 0.2) is 0 Å². The maximum absolute atomic E-state index is 2.59. The molecular weight excluding hydrogens is 271 g/mol. The van der Waals surface area contributed by atoms with Crippen molar-refractivity contribution in [1.29, 1.82) is 0 Å². The summed E-state index contributed by atoms with van der Waals surface area (Å²) in [5.41, 5.74) is 0. The van der Waals surface area contributed by atoms with Crippen molar-refractivity contribution in [2.24, 2.45) is 5.92 Å². The standard InChI is InChI=1S/C12H23I/c1-2-3-10-13-11-9-12-7-5-4-6-8-12/h10,12H,2-9,11H2,1H3. The lowest BCUT2D eigenvalue weighted by Gasteiger charge is -2.20. The van der Waals surface area contributed by atoms with Crippen LogP contribution in [0.5, 0.6) is 0 Å². The van der Waals surface area contributed by atoms with Crippen LogP contribution in [0, 0.1) is 5.92 Å². The van der Waals surface area contributed by atoms with Crippen molar-refractivity contribution in [1.82, 2.24) is 0 Å². The van der Waals surface area contributed by atoms with E-state index in [1.54, 1.807) is 10.8 Å². The Labute approximate surface area is 93.2 Å². The van der Waals surface area contributed by atoms with E-state index >= 15 is 0 Å². The predicted molar refractivity (Wildman–Crippen MR) is 71.1 cm³/mol. The molecule has 0 heterocycles. The van der Waals surface area contributed by atoms with Crippen molar-refractivity contribution >= 4 is 24.7 Å². The smallest absolute Gasteiger partial charge is 0.00526 e. The van der Waals surface area contributed by atoms with Gasteiger partial charge in [0.05, 0.1) is 0 Å². The van der Waals surface area contributed by atoms with Crippen molar-refractivity contribution in [3.63, 3.8) is 0 Å². The van der Waals surface area contributed by atoms with Crippen LogP contribution in [0.4, 0.5) is 0 Å². The number of rotatable bonds is 5. The molecule has 0 bridgehead atoms. The molecule has 0 saturated heterocycles.